The highest BCUT2D eigenvalue weighted by Crippen LogP contribution is 2.34. The van der Waals surface area contributed by atoms with E-state index in [4.69, 9.17) is 11.6 Å². The van der Waals surface area contributed by atoms with Crippen molar-refractivity contribution in [3.63, 3.8) is 0 Å². The van der Waals surface area contributed by atoms with E-state index in [1.165, 1.54) is 0 Å². The second-order valence-electron chi connectivity index (χ2n) is 6.87. The number of anilines is 2. The largest absolute Gasteiger partial charge is 0.324 e. The molecule has 1 fully saturated rings. The lowest BCUT2D eigenvalue weighted by atomic mass is 10.0. The highest BCUT2D eigenvalue weighted by molar-refractivity contribution is 6.30. The Balaban J connectivity index is 1.61. The van der Waals surface area contributed by atoms with E-state index < -0.39 is 0 Å². The fourth-order valence-electron chi connectivity index (χ4n) is 3.56. The molecule has 2 aromatic carbocycles. The van der Waals surface area contributed by atoms with Gasteiger partial charge in [0.15, 0.2) is 0 Å². The Labute approximate surface area is 171 Å². The van der Waals surface area contributed by atoms with Crippen LogP contribution in [0.4, 0.5) is 11.9 Å². The van der Waals surface area contributed by atoms with Crippen LogP contribution in [0, 0.1) is 0 Å². The second kappa shape index (κ2) is 6.86. The lowest BCUT2D eigenvalue weighted by molar-refractivity contribution is -0.121. The van der Waals surface area contributed by atoms with E-state index in [1.807, 2.05) is 60.7 Å². The molecule has 0 saturated carbocycles. The van der Waals surface area contributed by atoms with Crippen LogP contribution in [0.5, 0.6) is 0 Å². The van der Waals surface area contributed by atoms with Gasteiger partial charge in [-0.2, -0.15) is 4.98 Å². The molecule has 0 bridgehead atoms. The summed E-state index contributed by atoms with van der Waals surface area (Å²) in [5.41, 5.74) is 2.83. The zero-order valence-corrected chi connectivity index (χ0v) is 16.0. The Morgan fingerprint density at radius 1 is 0.966 bits per heavy atom. The average Bonchev–Trinajstić information content (AvgIpc) is 3.30. The highest BCUT2D eigenvalue weighted by Gasteiger charge is 2.35. The molecule has 5 rings (SSSR count). The molecule has 3 aromatic rings. The SMILES string of the molecule is O=C1CCC(=O)N1c1nc2n(n1)[C@@H](c1ccc(Cl)cc1)C=C(c1ccccc1)N2. The molecule has 0 spiro atoms. The minimum atomic E-state index is -0.280. The summed E-state index contributed by atoms with van der Waals surface area (Å²) in [4.78, 5) is 29.8. The summed E-state index contributed by atoms with van der Waals surface area (Å²) in [7, 11) is 0. The number of hydrogen-bond acceptors (Lipinski definition) is 5. The van der Waals surface area contributed by atoms with Gasteiger partial charge in [0.2, 0.25) is 17.8 Å². The van der Waals surface area contributed by atoms with E-state index in [2.05, 4.69) is 15.4 Å². The molecule has 0 radical (unpaired) electrons. The number of nitrogens with one attached hydrogen (secondary N) is 1. The standard InChI is InChI=1S/C21H16ClN5O2/c22-15-8-6-14(7-9-15)17-12-16(13-4-2-1-3-5-13)23-20-24-21(25-27(17)20)26-18(28)10-11-19(26)29/h1-9,12,17H,10-11H2,(H,23,24,25)/t17-/m1/s1. The summed E-state index contributed by atoms with van der Waals surface area (Å²) < 4.78 is 1.68. The van der Waals surface area contributed by atoms with Gasteiger partial charge >= 0.3 is 0 Å². The van der Waals surface area contributed by atoms with Gasteiger partial charge in [-0.15, -0.1) is 5.10 Å². The van der Waals surface area contributed by atoms with Crippen LogP contribution in [0.2, 0.25) is 5.02 Å². The third-order valence-corrected chi connectivity index (χ3v) is 5.25. The molecule has 1 N–H and O–H groups in total. The predicted octanol–water partition coefficient (Wildman–Crippen LogP) is 3.64. The van der Waals surface area contributed by atoms with Crippen LogP contribution >= 0.6 is 11.6 Å². The van der Waals surface area contributed by atoms with Crippen LogP contribution in [-0.4, -0.2) is 26.6 Å². The molecule has 3 heterocycles. The molecule has 0 unspecified atom stereocenters. The van der Waals surface area contributed by atoms with Gasteiger partial charge in [-0.3, -0.25) is 9.59 Å². The van der Waals surface area contributed by atoms with E-state index in [1.54, 1.807) is 4.68 Å². The van der Waals surface area contributed by atoms with Gasteiger partial charge < -0.3 is 5.32 Å². The number of benzene rings is 2. The van der Waals surface area contributed by atoms with Crippen LogP contribution in [0.1, 0.15) is 30.0 Å². The minimum Gasteiger partial charge on any atom is -0.324 e. The van der Waals surface area contributed by atoms with Gasteiger partial charge in [0.1, 0.15) is 6.04 Å². The number of nitrogens with zero attached hydrogens (tertiary/aromatic N) is 4. The van der Waals surface area contributed by atoms with Gasteiger partial charge in [0, 0.05) is 23.6 Å². The van der Waals surface area contributed by atoms with Crippen molar-refractivity contribution < 1.29 is 9.59 Å². The number of allylic oxidation sites excluding steroid dienone is 1. The van der Waals surface area contributed by atoms with Gasteiger partial charge in [-0.1, -0.05) is 54.1 Å². The fraction of sp³-hybridized carbons (Fsp3) is 0.143. The molecule has 7 nitrogen and oxygen atoms in total. The zero-order valence-electron chi connectivity index (χ0n) is 15.2. The fourth-order valence-corrected chi connectivity index (χ4v) is 3.69. The molecule has 1 aromatic heterocycles. The molecule has 2 aliphatic rings. The number of carbonyl (C=O) groups is 2. The molecule has 1 atom stereocenters. The Morgan fingerprint density at radius 3 is 2.34 bits per heavy atom. The zero-order chi connectivity index (χ0) is 20.0. The maximum Gasteiger partial charge on any atom is 0.260 e. The molecule has 8 heteroatoms. The minimum absolute atomic E-state index is 0.0988. The van der Waals surface area contributed by atoms with Crippen LogP contribution in [0.15, 0.2) is 60.7 Å². The quantitative estimate of drug-likeness (QED) is 0.673. The van der Waals surface area contributed by atoms with Crippen molar-refractivity contribution >= 4 is 41.0 Å². The van der Waals surface area contributed by atoms with Crippen LogP contribution in [0.3, 0.4) is 0 Å². The van der Waals surface area contributed by atoms with Crippen molar-refractivity contribution in [2.24, 2.45) is 0 Å². The molecule has 2 amide bonds. The smallest absolute Gasteiger partial charge is 0.260 e. The molecule has 0 aliphatic carbocycles. The Hall–Kier alpha value is -3.45. The first-order valence-corrected chi connectivity index (χ1v) is 9.60. The predicted molar refractivity (Wildman–Crippen MR) is 109 cm³/mol. The number of carbonyl (C=O) groups excluding carboxylic acids is 2. The van der Waals surface area contributed by atoms with Crippen molar-refractivity contribution in [3.8, 4) is 0 Å². The number of imide groups is 1. The van der Waals surface area contributed by atoms with E-state index in [9.17, 15) is 9.59 Å². The number of aromatic nitrogens is 3. The summed E-state index contributed by atoms with van der Waals surface area (Å²) in [6, 6.07) is 17.1. The number of rotatable bonds is 3. The molecule has 144 valence electrons. The van der Waals surface area contributed by atoms with E-state index >= 15 is 0 Å². The average molecular weight is 406 g/mol. The lowest BCUT2D eigenvalue weighted by Crippen LogP contribution is -2.29. The van der Waals surface area contributed by atoms with Crippen molar-refractivity contribution in [2.75, 3.05) is 10.2 Å². The van der Waals surface area contributed by atoms with Crippen molar-refractivity contribution in [1.82, 2.24) is 14.8 Å². The van der Waals surface area contributed by atoms with Gasteiger partial charge in [-0.25, -0.2) is 9.58 Å². The first kappa shape index (κ1) is 17.6. The van der Waals surface area contributed by atoms with Gasteiger partial charge in [0.25, 0.3) is 5.95 Å². The van der Waals surface area contributed by atoms with Gasteiger partial charge in [0.05, 0.1) is 0 Å². The molecule has 1 saturated heterocycles. The Morgan fingerprint density at radius 2 is 1.66 bits per heavy atom. The number of amides is 2. The second-order valence-corrected chi connectivity index (χ2v) is 7.31. The third-order valence-electron chi connectivity index (χ3n) is 5.00. The molecule has 29 heavy (non-hydrogen) atoms. The van der Waals surface area contributed by atoms with Crippen molar-refractivity contribution in [2.45, 2.75) is 18.9 Å². The summed E-state index contributed by atoms with van der Waals surface area (Å²) in [6.45, 7) is 0. The summed E-state index contributed by atoms with van der Waals surface area (Å²) >= 11 is 6.05. The van der Waals surface area contributed by atoms with Crippen molar-refractivity contribution in [1.29, 1.82) is 0 Å². The maximum atomic E-state index is 12.1. The van der Waals surface area contributed by atoms with Gasteiger partial charge in [-0.05, 0) is 29.3 Å². The monoisotopic (exact) mass is 405 g/mol. The maximum absolute atomic E-state index is 12.1. The molecular formula is C21H16ClN5O2. The topological polar surface area (TPSA) is 80.1 Å². The van der Waals surface area contributed by atoms with E-state index in [0.29, 0.717) is 11.0 Å². The normalized spacial score (nSPS) is 18.4. The van der Waals surface area contributed by atoms with Crippen LogP contribution in [0.25, 0.3) is 5.70 Å². The van der Waals surface area contributed by atoms with Crippen LogP contribution in [-0.2, 0) is 9.59 Å². The highest BCUT2D eigenvalue weighted by atomic mass is 35.5. The lowest BCUT2D eigenvalue weighted by Gasteiger charge is -2.24. The summed E-state index contributed by atoms with van der Waals surface area (Å²) in [5.74, 6) is 0.00458. The van der Waals surface area contributed by atoms with Crippen LogP contribution < -0.4 is 10.2 Å². The first-order valence-electron chi connectivity index (χ1n) is 9.22. The van der Waals surface area contributed by atoms with E-state index in [0.717, 1.165) is 21.7 Å². The van der Waals surface area contributed by atoms with E-state index in [-0.39, 0.29) is 36.6 Å². The Bertz CT molecular complexity index is 1120. The summed E-state index contributed by atoms with van der Waals surface area (Å²) in [5, 5.41) is 8.41. The summed E-state index contributed by atoms with van der Waals surface area (Å²) in [6.07, 6.45) is 2.41. The number of hydrogen-bond donors (Lipinski definition) is 1. The molecule has 2 aliphatic heterocycles. The third kappa shape index (κ3) is 3.09. The first-order chi connectivity index (χ1) is 14.1. The number of halogens is 1. The number of fused-ring (bicyclic) bond motifs is 1. The van der Waals surface area contributed by atoms with Crippen molar-refractivity contribution in [3.05, 3.63) is 76.8 Å². The Kier molecular flexibility index (Phi) is 4.17. The molecular weight excluding hydrogens is 390 g/mol.